The van der Waals surface area contributed by atoms with Gasteiger partial charge >= 0.3 is 0 Å². The Morgan fingerprint density at radius 2 is 0.766 bits per heavy atom. The first-order chi connectivity index (χ1) is 30.0. The van der Waals surface area contributed by atoms with Crippen LogP contribution in [0.15, 0.2) is 30.3 Å². The Hall–Kier alpha value is -1.27. The number of benzene rings is 1. The van der Waals surface area contributed by atoms with Gasteiger partial charge in [0.2, 0.25) is 10.4 Å². The molecular weight excluding hydrogens is 842 g/mol. The summed E-state index contributed by atoms with van der Waals surface area (Å²) in [6.45, 7) is 20.5. The summed E-state index contributed by atoms with van der Waals surface area (Å²) in [4.78, 5) is 8.89. The second-order valence-corrected chi connectivity index (χ2v) is 19.9. The molecular formula is C53H110ClN3O6S. The van der Waals surface area contributed by atoms with E-state index in [-0.39, 0.29) is 12.4 Å². The Morgan fingerprint density at radius 3 is 0.953 bits per heavy atom. The number of unbranched alkanes of at least 4 members (excludes halogenated alkanes) is 27. The van der Waals surface area contributed by atoms with Crippen LogP contribution in [0.3, 0.4) is 0 Å². The second kappa shape index (κ2) is 54.3. The van der Waals surface area contributed by atoms with Gasteiger partial charge in [-0.15, -0.1) is 0 Å². The molecule has 1 aromatic rings. The highest BCUT2D eigenvalue weighted by Gasteiger charge is 2.21. The molecule has 0 radical (unpaired) electrons. The smallest absolute Gasteiger partial charge is 0.217 e. The van der Waals surface area contributed by atoms with Gasteiger partial charge in [0, 0.05) is 11.5 Å². The molecule has 386 valence electrons. The summed E-state index contributed by atoms with van der Waals surface area (Å²) in [6.07, 6.45) is 43.5. The van der Waals surface area contributed by atoms with Crippen molar-refractivity contribution in [1.29, 1.82) is 0 Å². The SMILES string of the molecule is CC(=O)[O-].CCCCCCCCCCCC[N+](C)(C)C.CCCCCCCCCCCC[N+](CC)(CC)CCCCCCCCCCCC.COS(=O)(=O)[O-].[Cl-].[NH3+]Cc1ccccc1. The first-order valence-electron chi connectivity index (χ1n) is 26.2. The summed E-state index contributed by atoms with van der Waals surface area (Å²) in [5.74, 6) is -1.08. The normalized spacial score (nSPS) is 11.1. The molecule has 0 unspecified atom stereocenters. The number of carboxylic acids is 1. The van der Waals surface area contributed by atoms with E-state index in [4.69, 9.17) is 9.90 Å². The summed E-state index contributed by atoms with van der Waals surface area (Å²) < 4.78 is 33.5. The summed E-state index contributed by atoms with van der Waals surface area (Å²) in [5.41, 5.74) is 5.05. The molecule has 0 heterocycles. The zero-order valence-electron chi connectivity index (χ0n) is 44.2. The van der Waals surface area contributed by atoms with Gasteiger partial charge in [0.05, 0.1) is 67.5 Å². The van der Waals surface area contributed by atoms with Crippen LogP contribution in [-0.4, -0.2) is 88.9 Å². The maximum Gasteiger partial charge on any atom is 0.217 e. The predicted octanol–water partition coefficient (Wildman–Crippen LogP) is 9.58. The van der Waals surface area contributed by atoms with Crippen molar-refractivity contribution in [1.82, 2.24) is 0 Å². The predicted molar refractivity (Wildman–Crippen MR) is 270 cm³/mol. The minimum atomic E-state index is -4.41. The van der Waals surface area contributed by atoms with E-state index in [9.17, 15) is 13.0 Å². The lowest BCUT2D eigenvalue weighted by atomic mass is 10.1. The molecule has 0 amide bonds. The third-order valence-corrected chi connectivity index (χ3v) is 12.2. The highest BCUT2D eigenvalue weighted by atomic mass is 35.5. The summed E-state index contributed by atoms with van der Waals surface area (Å²) >= 11 is 0. The first kappa shape index (κ1) is 71.7. The quantitative estimate of drug-likeness (QED) is 0.0306. The van der Waals surface area contributed by atoms with Crippen LogP contribution in [0.4, 0.5) is 0 Å². The van der Waals surface area contributed by atoms with E-state index in [1.165, 1.54) is 235 Å². The molecule has 3 N–H and O–H groups in total. The number of carbonyl (C=O) groups is 1. The molecule has 0 atom stereocenters. The summed E-state index contributed by atoms with van der Waals surface area (Å²) in [5, 5.41) is 8.89. The zero-order chi connectivity index (χ0) is 48.4. The van der Waals surface area contributed by atoms with Crippen molar-refractivity contribution in [3.63, 3.8) is 0 Å². The second-order valence-electron chi connectivity index (χ2n) is 18.8. The Morgan fingerprint density at radius 1 is 0.531 bits per heavy atom. The average Bonchev–Trinajstić information content (AvgIpc) is 3.25. The number of hydrogen-bond donors (Lipinski definition) is 1. The Kier molecular flexibility index (Phi) is 60.9. The summed E-state index contributed by atoms with van der Waals surface area (Å²) in [6, 6.07) is 10.2. The van der Waals surface area contributed by atoms with Crippen LogP contribution in [0, 0.1) is 0 Å². The van der Waals surface area contributed by atoms with Gasteiger partial charge in [-0.25, -0.2) is 8.42 Å². The van der Waals surface area contributed by atoms with Gasteiger partial charge < -0.3 is 41.6 Å². The molecule has 0 bridgehead atoms. The molecule has 0 aliphatic heterocycles. The van der Waals surface area contributed by atoms with Crippen LogP contribution in [0.5, 0.6) is 0 Å². The molecule has 0 fully saturated rings. The number of carboxylic acid groups (broad SMARTS) is 1. The van der Waals surface area contributed by atoms with E-state index in [1.807, 2.05) is 18.2 Å². The Balaban J connectivity index is -0.000000274. The molecule has 0 aliphatic carbocycles. The number of nitrogens with zero attached hydrogens (tertiary/aromatic N) is 2. The topological polar surface area (TPSA) is 134 Å². The molecule has 0 saturated heterocycles. The lowest BCUT2D eigenvalue weighted by Gasteiger charge is -2.37. The fraction of sp³-hybridized carbons (Fsp3) is 0.868. The van der Waals surface area contributed by atoms with Crippen molar-refractivity contribution in [3.8, 4) is 0 Å². The van der Waals surface area contributed by atoms with Crippen molar-refractivity contribution in [3.05, 3.63) is 35.9 Å². The van der Waals surface area contributed by atoms with Crippen LogP contribution in [0.25, 0.3) is 0 Å². The van der Waals surface area contributed by atoms with Crippen molar-refractivity contribution < 1.29 is 54.2 Å². The van der Waals surface area contributed by atoms with Crippen molar-refractivity contribution in [2.45, 2.75) is 241 Å². The van der Waals surface area contributed by atoms with Gasteiger partial charge in [-0.2, -0.15) is 0 Å². The molecule has 64 heavy (non-hydrogen) atoms. The van der Waals surface area contributed by atoms with Gasteiger partial charge in [0.1, 0.15) is 0 Å². The summed E-state index contributed by atoms with van der Waals surface area (Å²) in [7, 11) is 3.25. The van der Waals surface area contributed by atoms with E-state index < -0.39 is 16.4 Å². The highest BCUT2D eigenvalue weighted by molar-refractivity contribution is 7.80. The largest absolute Gasteiger partial charge is 1.00 e. The number of halogens is 1. The molecule has 1 aromatic carbocycles. The molecule has 9 nitrogen and oxygen atoms in total. The van der Waals surface area contributed by atoms with E-state index in [0.29, 0.717) is 0 Å². The maximum atomic E-state index is 9.22. The van der Waals surface area contributed by atoms with E-state index in [1.54, 1.807) is 0 Å². The maximum absolute atomic E-state index is 9.22. The fourth-order valence-corrected chi connectivity index (χ4v) is 7.56. The minimum absolute atomic E-state index is 0. The van der Waals surface area contributed by atoms with E-state index in [2.05, 4.69) is 77.8 Å². The van der Waals surface area contributed by atoms with E-state index >= 15 is 0 Å². The van der Waals surface area contributed by atoms with E-state index in [0.717, 1.165) is 25.1 Å². The van der Waals surface area contributed by atoms with Crippen molar-refractivity contribution in [2.24, 2.45) is 0 Å². The average molecular weight is 953 g/mol. The minimum Gasteiger partial charge on any atom is -1.00 e. The third-order valence-electron chi connectivity index (χ3n) is 11.8. The molecule has 0 spiro atoms. The lowest BCUT2D eigenvalue weighted by Crippen LogP contribution is -3.00. The monoisotopic (exact) mass is 952 g/mol. The van der Waals surface area contributed by atoms with Crippen LogP contribution >= 0.6 is 0 Å². The Bertz CT molecular complexity index is 1100. The van der Waals surface area contributed by atoms with Crippen LogP contribution < -0.4 is 23.2 Å². The van der Waals surface area contributed by atoms with Crippen LogP contribution in [-0.2, 0) is 25.9 Å². The highest BCUT2D eigenvalue weighted by Crippen LogP contribution is 2.17. The number of aliphatic carboxylic acids is 1. The van der Waals surface area contributed by atoms with Gasteiger partial charge in [0.25, 0.3) is 0 Å². The van der Waals surface area contributed by atoms with Crippen LogP contribution in [0.2, 0.25) is 0 Å². The van der Waals surface area contributed by atoms with Crippen molar-refractivity contribution >= 4 is 16.4 Å². The van der Waals surface area contributed by atoms with Crippen molar-refractivity contribution in [2.75, 3.05) is 61.0 Å². The number of carbonyl (C=O) groups excluding carboxylic acids is 1. The molecule has 0 saturated carbocycles. The lowest BCUT2D eigenvalue weighted by molar-refractivity contribution is -0.925. The Labute approximate surface area is 406 Å². The van der Waals surface area contributed by atoms with Gasteiger partial charge in [0.15, 0.2) is 0 Å². The number of hydrogen-bond acceptors (Lipinski definition) is 6. The van der Waals surface area contributed by atoms with Gasteiger partial charge in [-0.1, -0.05) is 205 Å². The standard InChI is InChI=1S/C28H60N.C15H34N.C7H9N.C2H4O2.CH4O4S.ClH/c1-5-9-11-13-15-17-19-21-23-25-27-29(7-3,8-4)28-26-24-22-20-18-16-14-12-10-6-2;1-5-6-7-8-9-10-11-12-13-14-15-16(2,3)4;8-6-7-4-2-1-3-5-7;1-2(3)4;1-5-6(2,3)4;/h5-28H2,1-4H3;5-15H2,1-4H3;1-5H,6,8H2;1H3,(H,3,4);1H3,(H,2,3,4);1H/q2*+1;;;;/p-2. The van der Waals surface area contributed by atoms with Gasteiger partial charge in [-0.05, 0) is 59.3 Å². The first-order valence-corrected chi connectivity index (χ1v) is 27.5. The van der Waals surface area contributed by atoms with Gasteiger partial charge in [-0.3, -0.25) is 4.18 Å². The molecule has 11 heteroatoms. The number of rotatable bonds is 37. The zero-order valence-corrected chi connectivity index (χ0v) is 45.8. The fourth-order valence-electron chi connectivity index (χ4n) is 7.56. The molecule has 0 aromatic heterocycles. The van der Waals surface area contributed by atoms with Crippen LogP contribution in [0.1, 0.15) is 240 Å². The molecule has 0 aliphatic rings. The third kappa shape index (κ3) is 67.3. The molecule has 1 rings (SSSR count). The number of quaternary nitrogens is 3.